The van der Waals surface area contributed by atoms with Crippen molar-refractivity contribution in [2.24, 2.45) is 0 Å². The maximum atomic E-state index is 4.64. The second-order valence-corrected chi connectivity index (χ2v) is 4.70. The first kappa shape index (κ1) is 14.2. The molecule has 0 saturated carbocycles. The molecule has 17 heavy (non-hydrogen) atoms. The van der Waals surface area contributed by atoms with Gasteiger partial charge in [-0.05, 0) is 45.2 Å². The van der Waals surface area contributed by atoms with E-state index in [0.717, 1.165) is 32.4 Å². The van der Waals surface area contributed by atoms with Crippen LogP contribution in [0.15, 0.2) is 6.07 Å². The fourth-order valence-electron chi connectivity index (χ4n) is 1.97. The Hall–Kier alpha value is -0.830. The Morgan fingerprint density at radius 1 is 1.29 bits per heavy atom. The molecular weight excluding hydrogens is 210 g/mol. The normalized spacial score (nSPS) is 12.9. The summed E-state index contributed by atoms with van der Waals surface area (Å²) in [5, 5.41) is 8.16. The van der Waals surface area contributed by atoms with Gasteiger partial charge in [-0.2, -0.15) is 5.10 Å². The van der Waals surface area contributed by atoms with E-state index in [1.165, 1.54) is 17.8 Å². The standard InChI is InChI=1S/C14H27N3/c1-5-9-15-12(4)8-10-17-14(7-3)11-13(6-2)16-17/h11-12,15H,5-10H2,1-4H3. The molecular formula is C14H27N3. The molecule has 0 bridgehead atoms. The lowest BCUT2D eigenvalue weighted by atomic mass is 10.2. The van der Waals surface area contributed by atoms with Crippen molar-refractivity contribution in [1.29, 1.82) is 0 Å². The highest BCUT2D eigenvalue weighted by Gasteiger charge is 2.07. The van der Waals surface area contributed by atoms with Gasteiger partial charge >= 0.3 is 0 Å². The molecule has 0 radical (unpaired) electrons. The lowest BCUT2D eigenvalue weighted by molar-refractivity contribution is 0.451. The zero-order valence-electron chi connectivity index (χ0n) is 11.8. The average molecular weight is 237 g/mol. The van der Waals surface area contributed by atoms with E-state index >= 15 is 0 Å². The summed E-state index contributed by atoms with van der Waals surface area (Å²) in [6.45, 7) is 11.0. The van der Waals surface area contributed by atoms with Gasteiger partial charge in [0.05, 0.1) is 5.69 Å². The van der Waals surface area contributed by atoms with Crippen LogP contribution in [0.3, 0.4) is 0 Å². The fraction of sp³-hybridized carbons (Fsp3) is 0.786. The summed E-state index contributed by atoms with van der Waals surface area (Å²) in [6.07, 6.45) is 4.46. The molecule has 1 rings (SSSR count). The molecule has 0 spiro atoms. The number of aromatic nitrogens is 2. The lowest BCUT2D eigenvalue weighted by Crippen LogP contribution is -2.28. The van der Waals surface area contributed by atoms with E-state index in [4.69, 9.17) is 0 Å². The van der Waals surface area contributed by atoms with Gasteiger partial charge in [0.1, 0.15) is 0 Å². The summed E-state index contributed by atoms with van der Waals surface area (Å²) in [5.41, 5.74) is 2.58. The molecule has 0 aliphatic carbocycles. The maximum Gasteiger partial charge on any atom is 0.0624 e. The molecule has 0 amide bonds. The van der Waals surface area contributed by atoms with Crippen molar-refractivity contribution in [2.45, 2.75) is 66.0 Å². The third-order valence-electron chi connectivity index (χ3n) is 3.16. The molecule has 1 unspecified atom stereocenters. The van der Waals surface area contributed by atoms with Crippen molar-refractivity contribution < 1.29 is 0 Å². The predicted octanol–water partition coefficient (Wildman–Crippen LogP) is 2.79. The first-order valence-corrected chi connectivity index (χ1v) is 7.00. The molecule has 3 heteroatoms. The van der Waals surface area contributed by atoms with Crippen LogP contribution in [0.5, 0.6) is 0 Å². The molecule has 1 aromatic heterocycles. The van der Waals surface area contributed by atoms with Crippen LogP contribution >= 0.6 is 0 Å². The molecule has 0 aliphatic heterocycles. The molecule has 0 aliphatic rings. The summed E-state index contributed by atoms with van der Waals surface area (Å²) >= 11 is 0. The summed E-state index contributed by atoms with van der Waals surface area (Å²) in [6, 6.07) is 2.82. The van der Waals surface area contributed by atoms with Crippen molar-refractivity contribution in [3.63, 3.8) is 0 Å². The SMILES string of the molecule is CCCNC(C)CCn1nc(CC)cc1CC. The smallest absolute Gasteiger partial charge is 0.0624 e. The first-order chi connectivity index (χ1) is 8.21. The Kier molecular flexibility index (Phi) is 6.27. The van der Waals surface area contributed by atoms with Gasteiger partial charge in [-0.15, -0.1) is 0 Å². The molecule has 98 valence electrons. The van der Waals surface area contributed by atoms with E-state index in [0.29, 0.717) is 6.04 Å². The summed E-state index contributed by atoms with van der Waals surface area (Å²) in [4.78, 5) is 0. The van der Waals surface area contributed by atoms with Crippen LogP contribution in [-0.2, 0) is 19.4 Å². The van der Waals surface area contributed by atoms with Crippen LogP contribution in [0, 0.1) is 0 Å². The summed E-state index contributed by atoms with van der Waals surface area (Å²) in [5.74, 6) is 0. The minimum Gasteiger partial charge on any atom is -0.314 e. The average Bonchev–Trinajstić information content (AvgIpc) is 2.76. The Bertz CT molecular complexity index is 317. The van der Waals surface area contributed by atoms with Gasteiger partial charge in [0, 0.05) is 18.3 Å². The van der Waals surface area contributed by atoms with Crippen LogP contribution < -0.4 is 5.32 Å². The predicted molar refractivity (Wildman–Crippen MR) is 73.4 cm³/mol. The van der Waals surface area contributed by atoms with E-state index in [2.05, 4.69) is 48.9 Å². The van der Waals surface area contributed by atoms with E-state index < -0.39 is 0 Å². The van der Waals surface area contributed by atoms with Gasteiger partial charge in [-0.3, -0.25) is 4.68 Å². The van der Waals surface area contributed by atoms with E-state index in [1.54, 1.807) is 0 Å². The van der Waals surface area contributed by atoms with Gasteiger partial charge in [0.15, 0.2) is 0 Å². The minimum absolute atomic E-state index is 0.578. The third-order valence-corrected chi connectivity index (χ3v) is 3.16. The van der Waals surface area contributed by atoms with Crippen molar-refractivity contribution >= 4 is 0 Å². The van der Waals surface area contributed by atoms with E-state index in [-0.39, 0.29) is 0 Å². The fourth-order valence-corrected chi connectivity index (χ4v) is 1.97. The summed E-state index contributed by atoms with van der Waals surface area (Å²) in [7, 11) is 0. The van der Waals surface area contributed by atoms with Crippen LogP contribution in [0.2, 0.25) is 0 Å². The molecule has 3 nitrogen and oxygen atoms in total. The molecule has 1 heterocycles. The highest BCUT2D eigenvalue weighted by Crippen LogP contribution is 2.08. The molecule has 0 fully saturated rings. The van der Waals surface area contributed by atoms with Gasteiger partial charge in [-0.25, -0.2) is 0 Å². The molecule has 1 N–H and O–H groups in total. The quantitative estimate of drug-likeness (QED) is 0.753. The largest absolute Gasteiger partial charge is 0.314 e. The highest BCUT2D eigenvalue weighted by atomic mass is 15.3. The van der Waals surface area contributed by atoms with Crippen molar-refractivity contribution in [3.8, 4) is 0 Å². The molecule has 0 aromatic carbocycles. The van der Waals surface area contributed by atoms with Crippen LogP contribution in [0.4, 0.5) is 0 Å². The molecule has 1 atom stereocenters. The first-order valence-electron chi connectivity index (χ1n) is 7.00. The van der Waals surface area contributed by atoms with Crippen LogP contribution in [0.1, 0.15) is 51.9 Å². The van der Waals surface area contributed by atoms with Crippen molar-refractivity contribution in [2.75, 3.05) is 6.54 Å². The molecule has 0 saturated heterocycles. The van der Waals surface area contributed by atoms with Crippen molar-refractivity contribution in [1.82, 2.24) is 15.1 Å². The zero-order chi connectivity index (χ0) is 12.7. The Morgan fingerprint density at radius 2 is 2.06 bits per heavy atom. The monoisotopic (exact) mass is 237 g/mol. The van der Waals surface area contributed by atoms with Crippen molar-refractivity contribution in [3.05, 3.63) is 17.5 Å². The number of nitrogens with zero attached hydrogens (tertiary/aromatic N) is 2. The Labute approximate surface area is 106 Å². The maximum absolute atomic E-state index is 4.64. The number of aryl methyl sites for hydroxylation is 3. The number of hydrogen-bond donors (Lipinski definition) is 1. The second-order valence-electron chi connectivity index (χ2n) is 4.70. The Balaban J connectivity index is 2.47. The topological polar surface area (TPSA) is 29.9 Å². The highest BCUT2D eigenvalue weighted by molar-refractivity contribution is 5.10. The Morgan fingerprint density at radius 3 is 2.65 bits per heavy atom. The lowest BCUT2D eigenvalue weighted by Gasteiger charge is -2.14. The third kappa shape index (κ3) is 4.50. The minimum atomic E-state index is 0.578. The van der Waals surface area contributed by atoms with Gasteiger partial charge in [-0.1, -0.05) is 20.8 Å². The van der Waals surface area contributed by atoms with Crippen LogP contribution in [0.25, 0.3) is 0 Å². The summed E-state index contributed by atoms with van der Waals surface area (Å²) < 4.78 is 2.18. The number of rotatable bonds is 8. The van der Waals surface area contributed by atoms with Gasteiger partial charge < -0.3 is 5.32 Å². The van der Waals surface area contributed by atoms with Crippen LogP contribution in [-0.4, -0.2) is 22.4 Å². The zero-order valence-corrected chi connectivity index (χ0v) is 11.8. The van der Waals surface area contributed by atoms with Gasteiger partial charge in [0.25, 0.3) is 0 Å². The number of hydrogen-bond acceptors (Lipinski definition) is 2. The van der Waals surface area contributed by atoms with Gasteiger partial charge in [0.2, 0.25) is 0 Å². The molecule has 1 aromatic rings. The second kappa shape index (κ2) is 7.49. The van der Waals surface area contributed by atoms with E-state index in [9.17, 15) is 0 Å². The van der Waals surface area contributed by atoms with E-state index in [1.807, 2.05) is 0 Å². The number of nitrogens with one attached hydrogen (secondary N) is 1.